The van der Waals surface area contributed by atoms with E-state index in [0.717, 1.165) is 6.07 Å². The quantitative estimate of drug-likeness (QED) is 0.185. The largest absolute Gasteiger partial charge is 0.325 e. The number of carbonyl (C=O) groups is 2. The molecule has 2 amide bonds. The standard InChI is InChI=1S/C29H30Cl2F2N4O3/c1-28(2,3)14-22-29(34,19-12-9-16(30)13-21(19)32)23(18-5-4-6-20(31)24(18)33)25(36-22)27(39)35-17-10-7-15(8-11-17)26(38)37-40/h4-13,22-23,25,36,40H,14,34H2,1-3H3,(H,35,39)(H,37,38). The van der Waals surface area contributed by atoms with Crippen molar-refractivity contribution in [1.29, 1.82) is 0 Å². The zero-order valence-electron chi connectivity index (χ0n) is 22.1. The monoisotopic (exact) mass is 590 g/mol. The highest BCUT2D eigenvalue weighted by Crippen LogP contribution is 2.50. The maximum atomic E-state index is 15.6. The molecule has 3 aromatic carbocycles. The molecule has 1 saturated heterocycles. The minimum atomic E-state index is -1.60. The molecule has 1 fully saturated rings. The predicted octanol–water partition coefficient (Wildman–Crippen LogP) is 5.74. The van der Waals surface area contributed by atoms with E-state index in [0.29, 0.717) is 12.1 Å². The SMILES string of the molecule is CC(C)(C)CC1NC(C(=O)Nc2ccc(C(=O)NO)cc2)C(c2cccc(Cl)c2F)C1(N)c1ccc(Cl)cc1F. The fourth-order valence-electron chi connectivity index (χ4n) is 5.39. The van der Waals surface area contributed by atoms with Crippen molar-refractivity contribution in [2.24, 2.45) is 11.1 Å². The molecule has 0 aromatic heterocycles. The molecule has 1 aliphatic rings. The van der Waals surface area contributed by atoms with Crippen LogP contribution in [-0.4, -0.2) is 29.1 Å². The van der Waals surface area contributed by atoms with Crippen molar-refractivity contribution in [3.63, 3.8) is 0 Å². The summed E-state index contributed by atoms with van der Waals surface area (Å²) < 4.78 is 31.2. The summed E-state index contributed by atoms with van der Waals surface area (Å²) in [6.07, 6.45) is 0.416. The van der Waals surface area contributed by atoms with E-state index in [2.05, 4.69) is 10.6 Å². The zero-order chi connectivity index (χ0) is 29.4. The Morgan fingerprint density at radius 1 is 1.07 bits per heavy atom. The van der Waals surface area contributed by atoms with Gasteiger partial charge in [-0.2, -0.15) is 0 Å². The molecular weight excluding hydrogens is 561 g/mol. The molecule has 0 radical (unpaired) electrons. The number of nitrogens with two attached hydrogens (primary N) is 1. The fourth-order valence-corrected chi connectivity index (χ4v) is 5.73. The van der Waals surface area contributed by atoms with E-state index in [9.17, 15) is 9.59 Å². The average Bonchev–Trinajstić information content (AvgIpc) is 3.16. The van der Waals surface area contributed by atoms with Crippen LogP contribution in [0.5, 0.6) is 0 Å². The number of halogens is 4. The molecule has 4 atom stereocenters. The second-order valence-corrected chi connectivity index (χ2v) is 12.0. The highest BCUT2D eigenvalue weighted by molar-refractivity contribution is 6.31. The van der Waals surface area contributed by atoms with Crippen LogP contribution in [-0.2, 0) is 10.3 Å². The van der Waals surface area contributed by atoms with Gasteiger partial charge < -0.3 is 16.4 Å². The average molecular weight is 591 g/mol. The third kappa shape index (κ3) is 5.84. The zero-order valence-corrected chi connectivity index (χ0v) is 23.6. The van der Waals surface area contributed by atoms with Gasteiger partial charge in [0.25, 0.3) is 5.91 Å². The summed E-state index contributed by atoms with van der Waals surface area (Å²) in [7, 11) is 0. The second kappa shape index (κ2) is 11.4. The Morgan fingerprint density at radius 3 is 2.35 bits per heavy atom. The molecule has 3 aromatic rings. The first-order valence-corrected chi connectivity index (χ1v) is 13.3. The number of carbonyl (C=O) groups excluding carboxylic acids is 2. The van der Waals surface area contributed by atoms with Crippen molar-refractivity contribution in [2.75, 3.05) is 5.32 Å². The molecule has 4 unspecified atom stereocenters. The summed E-state index contributed by atoms with van der Waals surface area (Å²) in [4.78, 5) is 25.5. The molecule has 0 spiro atoms. The van der Waals surface area contributed by atoms with Gasteiger partial charge >= 0.3 is 0 Å². The topological polar surface area (TPSA) is 116 Å². The molecule has 7 nitrogen and oxygen atoms in total. The van der Waals surface area contributed by atoms with Crippen molar-refractivity contribution in [1.82, 2.24) is 10.8 Å². The summed E-state index contributed by atoms with van der Waals surface area (Å²) in [6, 6.07) is 12.5. The van der Waals surface area contributed by atoms with Crippen LogP contribution in [0.4, 0.5) is 14.5 Å². The Labute approximate surface area is 241 Å². The Kier molecular flexibility index (Phi) is 8.54. The van der Waals surface area contributed by atoms with Gasteiger partial charge in [-0.1, -0.05) is 62.2 Å². The lowest BCUT2D eigenvalue weighted by Gasteiger charge is -2.40. The van der Waals surface area contributed by atoms with E-state index < -0.39 is 47.0 Å². The lowest BCUT2D eigenvalue weighted by atomic mass is 9.68. The second-order valence-electron chi connectivity index (χ2n) is 11.1. The summed E-state index contributed by atoms with van der Waals surface area (Å²) in [5.74, 6) is -3.79. The van der Waals surface area contributed by atoms with E-state index in [4.69, 9.17) is 34.1 Å². The van der Waals surface area contributed by atoms with E-state index in [1.54, 1.807) is 11.5 Å². The molecule has 1 aliphatic heterocycles. The van der Waals surface area contributed by atoms with Gasteiger partial charge in [0, 0.05) is 33.8 Å². The van der Waals surface area contributed by atoms with E-state index >= 15 is 8.78 Å². The summed E-state index contributed by atoms with van der Waals surface area (Å²) in [6.45, 7) is 5.96. The van der Waals surface area contributed by atoms with E-state index in [1.165, 1.54) is 48.5 Å². The van der Waals surface area contributed by atoms with E-state index in [-0.39, 0.29) is 32.2 Å². The Bertz CT molecular complexity index is 1430. The van der Waals surface area contributed by atoms with Crippen molar-refractivity contribution in [2.45, 2.75) is 50.7 Å². The fraction of sp³-hybridized carbons (Fsp3) is 0.310. The van der Waals surface area contributed by atoms with Crippen molar-refractivity contribution < 1.29 is 23.6 Å². The van der Waals surface area contributed by atoms with Crippen LogP contribution >= 0.6 is 23.2 Å². The van der Waals surface area contributed by atoms with Gasteiger partial charge in [0.1, 0.15) is 11.6 Å². The lowest BCUT2D eigenvalue weighted by molar-refractivity contribution is -0.118. The van der Waals surface area contributed by atoms with Crippen LogP contribution < -0.4 is 21.8 Å². The Balaban J connectivity index is 1.85. The van der Waals surface area contributed by atoms with Crippen molar-refractivity contribution in [3.8, 4) is 0 Å². The molecule has 40 heavy (non-hydrogen) atoms. The van der Waals surface area contributed by atoms with Gasteiger partial charge in [-0.05, 0) is 59.9 Å². The van der Waals surface area contributed by atoms with Crippen LogP contribution in [0.25, 0.3) is 0 Å². The summed E-state index contributed by atoms with van der Waals surface area (Å²) in [5.41, 5.74) is 7.45. The third-order valence-corrected chi connectivity index (χ3v) is 7.66. The first kappa shape index (κ1) is 29.9. The molecule has 0 bridgehead atoms. The van der Waals surface area contributed by atoms with Gasteiger partial charge in [-0.15, -0.1) is 0 Å². The van der Waals surface area contributed by atoms with Crippen LogP contribution in [0.3, 0.4) is 0 Å². The molecule has 0 saturated carbocycles. The first-order valence-electron chi connectivity index (χ1n) is 12.6. The van der Waals surface area contributed by atoms with Crippen molar-refractivity contribution >= 4 is 40.7 Å². The normalized spacial score (nSPS) is 22.7. The Hall–Kier alpha value is -3.08. The number of nitrogens with one attached hydrogen (secondary N) is 3. The van der Waals surface area contributed by atoms with Crippen LogP contribution in [0.15, 0.2) is 60.7 Å². The van der Waals surface area contributed by atoms with Crippen LogP contribution in [0, 0.1) is 17.0 Å². The number of hydroxylamine groups is 1. The smallest absolute Gasteiger partial charge is 0.274 e. The summed E-state index contributed by atoms with van der Waals surface area (Å²) >= 11 is 12.2. The molecule has 1 heterocycles. The van der Waals surface area contributed by atoms with Crippen molar-refractivity contribution in [3.05, 3.63) is 99.0 Å². The molecule has 212 valence electrons. The summed E-state index contributed by atoms with van der Waals surface area (Å²) in [5, 5.41) is 14.9. The highest BCUT2D eigenvalue weighted by Gasteiger charge is 2.58. The number of benzene rings is 3. The van der Waals surface area contributed by atoms with Gasteiger partial charge in [0.2, 0.25) is 5.91 Å². The van der Waals surface area contributed by atoms with E-state index in [1.807, 2.05) is 20.8 Å². The molecule has 6 N–H and O–H groups in total. The number of hydrogen-bond acceptors (Lipinski definition) is 5. The number of rotatable bonds is 6. The minimum absolute atomic E-state index is 0.0587. The molecular formula is C29H30Cl2F2N4O3. The molecule has 11 heteroatoms. The third-order valence-electron chi connectivity index (χ3n) is 7.13. The van der Waals surface area contributed by atoms with Gasteiger partial charge in [0.15, 0.2) is 0 Å². The first-order chi connectivity index (χ1) is 18.8. The Morgan fingerprint density at radius 2 is 1.75 bits per heavy atom. The van der Waals surface area contributed by atoms with Gasteiger partial charge in [-0.3, -0.25) is 14.8 Å². The van der Waals surface area contributed by atoms with Crippen LogP contribution in [0.1, 0.15) is 54.6 Å². The number of anilines is 1. The van der Waals surface area contributed by atoms with Crippen LogP contribution in [0.2, 0.25) is 10.0 Å². The molecule has 4 rings (SSSR count). The van der Waals surface area contributed by atoms with Gasteiger partial charge in [-0.25, -0.2) is 14.3 Å². The predicted molar refractivity (Wildman–Crippen MR) is 151 cm³/mol. The highest BCUT2D eigenvalue weighted by atomic mass is 35.5. The minimum Gasteiger partial charge on any atom is -0.325 e. The lowest BCUT2D eigenvalue weighted by Crippen LogP contribution is -2.52. The number of hydrogen-bond donors (Lipinski definition) is 5. The van der Waals surface area contributed by atoms with Gasteiger partial charge in [0.05, 0.1) is 16.6 Å². The number of amides is 2. The molecule has 0 aliphatic carbocycles. The maximum absolute atomic E-state index is 15.6. The maximum Gasteiger partial charge on any atom is 0.274 e.